The van der Waals surface area contributed by atoms with Gasteiger partial charge in [-0.2, -0.15) is 0 Å². The molecule has 0 aliphatic carbocycles. The van der Waals surface area contributed by atoms with E-state index in [0.29, 0.717) is 5.69 Å². The number of rotatable bonds is 3. The molecule has 140 valence electrons. The van der Waals surface area contributed by atoms with Gasteiger partial charge in [-0.05, 0) is 42.3 Å². The molecule has 2 saturated heterocycles. The first-order valence-electron chi connectivity index (χ1n) is 8.99. The molecule has 2 bridgehead atoms. The number of imide groups is 1. The molecule has 3 aliphatic rings. The summed E-state index contributed by atoms with van der Waals surface area (Å²) in [6.07, 6.45) is 3.41. The lowest BCUT2D eigenvalue weighted by Gasteiger charge is -2.24. The van der Waals surface area contributed by atoms with Crippen LogP contribution in [0.15, 0.2) is 60.7 Å². The van der Waals surface area contributed by atoms with Gasteiger partial charge in [0.05, 0.1) is 34.2 Å². The molecule has 0 spiro atoms. The van der Waals surface area contributed by atoms with E-state index in [9.17, 15) is 19.7 Å². The third kappa shape index (κ3) is 2.20. The van der Waals surface area contributed by atoms with Gasteiger partial charge in [-0.25, -0.2) is 4.90 Å². The number of ether oxygens (including phenoxy) is 1. The van der Waals surface area contributed by atoms with Gasteiger partial charge in [0, 0.05) is 12.1 Å². The van der Waals surface area contributed by atoms with E-state index in [4.69, 9.17) is 4.74 Å². The van der Waals surface area contributed by atoms with Crippen molar-refractivity contribution in [3.8, 4) is 11.1 Å². The molecule has 0 saturated carbocycles. The van der Waals surface area contributed by atoms with Crippen molar-refractivity contribution in [1.82, 2.24) is 0 Å². The molecule has 2 amide bonds. The van der Waals surface area contributed by atoms with Gasteiger partial charge in [-0.15, -0.1) is 0 Å². The first kappa shape index (κ1) is 16.8. The maximum absolute atomic E-state index is 13.0. The Labute approximate surface area is 160 Å². The maximum Gasteiger partial charge on any atom is 0.269 e. The Kier molecular flexibility index (Phi) is 3.36. The van der Waals surface area contributed by atoms with Crippen LogP contribution < -0.4 is 4.90 Å². The van der Waals surface area contributed by atoms with Gasteiger partial charge in [0.2, 0.25) is 11.8 Å². The molecular weight excluding hydrogens is 360 g/mol. The number of hydrogen-bond acceptors (Lipinski definition) is 5. The molecule has 0 N–H and O–H groups in total. The number of hydrogen-bond donors (Lipinski definition) is 0. The lowest BCUT2D eigenvalue weighted by atomic mass is 9.78. The number of amides is 2. The monoisotopic (exact) mass is 376 g/mol. The molecular formula is C21H16N2O5. The smallest absolute Gasteiger partial charge is 0.269 e. The summed E-state index contributed by atoms with van der Waals surface area (Å²) in [7, 11) is 0. The largest absolute Gasteiger partial charge is 0.362 e. The zero-order valence-electron chi connectivity index (χ0n) is 14.9. The lowest BCUT2D eigenvalue weighted by molar-refractivity contribution is -0.384. The predicted molar refractivity (Wildman–Crippen MR) is 100 cm³/mol. The van der Waals surface area contributed by atoms with E-state index in [0.717, 1.165) is 11.1 Å². The van der Waals surface area contributed by atoms with Crippen molar-refractivity contribution in [2.75, 3.05) is 4.90 Å². The van der Waals surface area contributed by atoms with Crippen molar-refractivity contribution in [1.29, 1.82) is 0 Å². The van der Waals surface area contributed by atoms with Crippen LogP contribution in [0.2, 0.25) is 0 Å². The van der Waals surface area contributed by atoms with E-state index in [1.165, 1.54) is 17.0 Å². The van der Waals surface area contributed by atoms with Crippen LogP contribution in [-0.4, -0.2) is 28.4 Å². The minimum atomic E-state index is -0.713. The summed E-state index contributed by atoms with van der Waals surface area (Å²) in [6.45, 7) is 1.85. The second-order valence-electron chi connectivity index (χ2n) is 7.49. The quantitative estimate of drug-likeness (QED) is 0.355. The topological polar surface area (TPSA) is 89.8 Å². The van der Waals surface area contributed by atoms with E-state index in [-0.39, 0.29) is 23.6 Å². The molecule has 4 atom stereocenters. The number of anilines is 1. The molecule has 3 heterocycles. The summed E-state index contributed by atoms with van der Waals surface area (Å²) in [5.41, 5.74) is 1.50. The molecule has 2 aromatic carbocycles. The zero-order valence-corrected chi connectivity index (χ0v) is 14.9. The Bertz CT molecular complexity index is 1040. The van der Waals surface area contributed by atoms with Crippen LogP contribution in [-0.2, 0) is 14.3 Å². The highest BCUT2D eigenvalue weighted by Gasteiger charge is 2.65. The first-order valence-corrected chi connectivity index (χ1v) is 8.99. The van der Waals surface area contributed by atoms with Gasteiger partial charge in [-0.1, -0.05) is 24.3 Å². The van der Waals surface area contributed by atoms with Crippen molar-refractivity contribution in [2.24, 2.45) is 11.8 Å². The van der Waals surface area contributed by atoms with E-state index in [2.05, 4.69) is 0 Å². The molecule has 0 unspecified atom stereocenters. The van der Waals surface area contributed by atoms with Crippen LogP contribution >= 0.6 is 0 Å². The average Bonchev–Trinajstić information content (AvgIpc) is 3.30. The second kappa shape index (κ2) is 5.59. The Morgan fingerprint density at radius 3 is 2.18 bits per heavy atom. The average molecular weight is 376 g/mol. The Morgan fingerprint density at radius 2 is 1.61 bits per heavy atom. The van der Waals surface area contributed by atoms with Crippen molar-refractivity contribution in [2.45, 2.75) is 18.6 Å². The number of carbonyl (C=O) groups is 2. The Morgan fingerprint density at radius 1 is 1.00 bits per heavy atom. The van der Waals surface area contributed by atoms with Crippen LogP contribution in [0.3, 0.4) is 0 Å². The van der Waals surface area contributed by atoms with E-state index >= 15 is 0 Å². The number of carbonyl (C=O) groups excluding carboxylic acids is 2. The highest BCUT2D eigenvalue weighted by atomic mass is 16.6. The molecule has 28 heavy (non-hydrogen) atoms. The standard InChI is InChI=1S/C21H16N2O5/c1-21-11-10-16(28-21)17-18(21)20(25)22(19(17)24)14-6-2-12(3-7-14)13-4-8-15(9-5-13)23(26)27/h2-11,16-18H,1H3/t16-,17+,18-,21+/m1/s1. The lowest BCUT2D eigenvalue weighted by Crippen LogP contribution is -2.38. The van der Waals surface area contributed by atoms with Gasteiger partial charge in [-0.3, -0.25) is 19.7 Å². The summed E-state index contributed by atoms with van der Waals surface area (Å²) < 4.78 is 5.83. The number of nitrogens with zero attached hydrogens (tertiary/aromatic N) is 2. The summed E-state index contributed by atoms with van der Waals surface area (Å²) in [6, 6.07) is 13.3. The molecule has 5 rings (SSSR count). The third-order valence-electron chi connectivity index (χ3n) is 5.87. The summed E-state index contributed by atoms with van der Waals surface area (Å²) >= 11 is 0. The van der Waals surface area contributed by atoms with Crippen molar-refractivity contribution < 1.29 is 19.2 Å². The summed E-state index contributed by atoms with van der Waals surface area (Å²) in [4.78, 5) is 37.5. The van der Waals surface area contributed by atoms with E-state index < -0.39 is 22.4 Å². The molecule has 0 aromatic heterocycles. The number of fused-ring (bicyclic) bond motifs is 5. The van der Waals surface area contributed by atoms with Crippen LogP contribution in [0.5, 0.6) is 0 Å². The van der Waals surface area contributed by atoms with Gasteiger partial charge in [0.25, 0.3) is 5.69 Å². The van der Waals surface area contributed by atoms with Crippen LogP contribution in [0.1, 0.15) is 6.92 Å². The molecule has 7 heteroatoms. The fourth-order valence-corrected chi connectivity index (χ4v) is 4.49. The molecule has 7 nitrogen and oxygen atoms in total. The van der Waals surface area contributed by atoms with Crippen LogP contribution in [0, 0.1) is 22.0 Å². The highest BCUT2D eigenvalue weighted by molar-refractivity contribution is 6.23. The Hall–Kier alpha value is -3.32. The highest BCUT2D eigenvalue weighted by Crippen LogP contribution is 2.52. The summed E-state index contributed by atoms with van der Waals surface area (Å²) in [5, 5.41) is 10.8. The van der Waals surface area contributed by atoms with Gasteiger partial charge < -0.3 is 4.74 Å². The molecule has 2 aromatic rings. The fourth-order valence-electron chi connectivity index (χ4n) is 4.49. The maximum atomic E-state index is 13.0. The predicted octanol–water partition coefficient (Wildman–Crippen LogP) is 3.09. The SMILES string of the molecule is C[C@@]12C=C[C@@H](O1)[C@@H]1C(=O)N(c3ccc(-c4ccc([N+](=O)[O-])cc4)cc3)C(=O)[C@@H]12. The van der Waals surface area contributed by atoms with Gasteiger partial charge in [0.1, 0.15) is 0 Å². The Balaban J connectivity index is 1.43. The second-order valence-corrected chi connectivity index (χ2v) is 7.49. The first-order chi connectivity index (χ1) is 13.4. The van der Waals surface area contributed by atoms with Crippen molar-refractivity contribution in [3.05, 3.63) is 70.8 Å². The van der Waals surface area contributed by atoms with E-state index in [1.54, 1.807) is 36.4 Å². The number of benzene rings is 2. The third-order valence-corrected chi connectivity index (χ3v) is 5.87. The minimum absolute atomic E-state index is 0.0270. The van der Waals surface area contributed by atoms with E-state index in [1.807, 2.05) is 19.1 Å². The fraction of sp³-hybridized carbons (Fsp3) is 0.238. The zero-order chi connectivity index (χ0) is 19.6. The molecule has 3 aliphatic heterocycles. The van der Waals surface area contributed by atoms with Gasteiger partial charge in [0.15, 0.2) is 0 Å². The van der Waals surface area contributed by atoms with Crippen molar-refractivity contribution in [3.63, 3.8) is 0 Å². The minimum Gasteiger partial charge on any atom is -0.362 e. The van der Waals surface area contributed by atoms with Crippen molar-refractivity contribution >= 4 is 23.2 Å². The van der Waals surface area contributed by atoms with Crippen LogP contribution in [0.25, 0.3) is 11.1 Å². The number of non-ortho nitro benzene ring substituents is 1. The molecule has 2 fully saturated rings. The van der Waals surface area contributed by atoms with Gasteiger partial charge >= 0.3 is 0 Å². The summed E-state index contributed by atoms with van der Waals surface area (Å²) in [5.74, 6) is -1.40. The molecule has 0 radical (unpaired) electrons. The number of nitro groups is 1. The normalized spacial score (nSPS) is 30.2. The van der Waals surface area contributed by atoms with Crippen LogP contribution in [0.4, 0.5) is 11.4 Å². The number of nitro benzene ring substituents is 1.